The molecule has 0 saturated heterocycles. The molecule has 2 heterocycles. The lowest BCUT2D eigenvalue weighted by Crippen LogP contribution is -2.21. The van der Waals surface area contributed by atoms with Crippen LogP contribution in [0.25, 0.3) is 21.8 Å². The summed E-state index contributed by atoms with van der Waals surface area (Å²) in [4.78, 5) is 29.3. The minimum atomic E-state index is -0.0804. The number of nitrogens with one attached hydrogen (secondary N) is 1. The molecule has 30 heavy (non-hydrogen) atoms. The third-order valence-corrected chi connectivity index (χ3v) is 5.16. The first-order chi connectivity index (χ1) is 14.7. The third-order valence-electron chi connectivity index (χ3n) is 5.16. The maximum absolute atomic E-state index is 12.5. The van der Waals surface area contributed by atoms with Crippen LogP contribution >= 0.6 is 0 Å². The van der Waals surface area contributed by atoms with Crippen molar-refractivity contribution in [2.45, 2.75) is 25.9 Å². The van der Waals surface area contributed by atoms with Crippen LogP contribution in [0.1, 0.15) is 12.8 Å². The van der Waals surface area contributed by atoms with E-state index in [0.717, 1.165) is 23.1 Å². The second-order valence-electron chi connectivity index (χ2n) is 7.15. The van der Waals surface area contributed by atoms with E-state index in [9.17, 15) is 9.59 Å². The quantitative estimate of drug-likeness (QED) is 0.488. The van der Waals surface area contributed by atoms with Crippen LogP contribution in [0.2, 0.25) is 0 Å². The molecule has 0 aliphatic rings. The van der Waals surface area contributed by atoms with Gasteiger partial charge in [-0.2, -0.15) is 0 Å². The second-order valence-corrected chi connectivity index (χ2v) is 7.15. The monoisotopic (exact) mass is 404 g/mol. The lowest BCUT2D eigenvalue weighted by molar-refractivity contribution is -0.116. The number of aryl methyl sites for hydroxylation is 1. The summed E-state index contributed by atoms with van der Waals surface area (Å²) in [6, 6.07) is 15.1. The number of fused-ring (bicyclic) bond motifs is 2. The molecule has 1 amide bonds. The largest absolute Gasteiger partial charge is 0.383 e. The highest BCUT2D eigenvalue weighted by Crippen LogP contribution is 2.24. The van der Waals surface area contributed by atoms with E-state index in [0.29, 0.717) is 36.9 Å². The van der Waals surface area contributed by atoms with E-state index in [1.54, 1.807) is 24.1 Å². The summed E-state index contributed by atoms with van der Waals surface area (Å²) < 4.78 is 8.82. The minimum absolute atomic E-state index is 0.0751. The number of hydrogen-bond acceptors (Lipinski definition) is 4. The molecule has 2 aromatic heterocycles. The van der Waals surface area contributed by atoms with Crippen molar-refractivity contribution in [3.8, 4) is 0 Å². The maximum Gasteiger partial charge on any atom is 0.261 e. The molecule has 0 aliphatic heterocycles. The number of ether oxygens (including phenoxy) is 1. The van der Waals surface area contributed by atoms with Gasteiger partial charge in [0, 0.05) is 38.2 Å². The highest BCUT2D eigenvalue weighted by atomic mass is 16.5. The average Bonchev–Trinajstić information content (AvgIpc) is 3.18. The first-order valence-corrected chi connectivity index (χ1v) is 9.98. The zero-order chi connectivity index (χ0) is 20.9. The first kappa shape index (κ1) is 19.8. The van der Waals surface area contributed by atoms with Crippen LogP contribution in [0.3, 0.4) is 0 Å². The Hall–Kier alpha value is -3.45. The Kier molecular flexibility index (Phi) is 5.90. The van der Waals surface area contributed by atoms with Gasteiger partial charge < -0.3 is 14.6 Å². The highest BCUT2D eigenvalue weighted by Gasteiger charge is 2.09. The summed E-state index contributed by atoms with van der Waals surface area (Å²) in [5.41, 5.74) is 2.45. The van der Waals surface area contributed by atoms with Gasteiger partial charge in [-0.25, -0.2) is 4.98 Å². The molecular formula is C23H24N4O3. The van der Waals surface area contributed by atoms with Gasteiger partial charge in [0.15, 0.2) is 0 Å². The van der Waals surface area contributed by atoms with Crippen molar-refractivity contribution < 1.29 is 9.53 Å². The first-order valence-electron chi connectivity index (χ1n) is 9.98. The molecule has 7 heteroatoms. The fourth-order valence-electron chi connectivity index (χ4n) is 3.61. The van der Waals surface area contributed by atoms with Gasteiger partial charge in [-0.1, -0.05) is 18.2 Å². The molecule has 154 valence electrons. The maximum atomic E-state index is 12.5. The number of amides is 1. The Bertz CT molecular complexity index is 1240. The minimum Gasteiger partial charge on any atom is -0.383 e. The molecule has 7 nitrogen and oxygen atoms in total. The second kappa shape index (κ2) is 8.92. The van der Waals surface area contributed by atoms with Crippen LogP contribution in [0.4, 0.5) is 5.69 Å². The van der Waals surface area contributed by atoms with Crippen LogP contribution in [0, 0.1) is 0 Å². The topological polar surface area (TPSA) is 78.2 Å². The normalized spacial score (nSPS) is 11.2. The van der Waals surface area contributed by atoms with Crippen molar-refractivity contribution in [2.75, 3.05) is 19.0 Å². The lowest BCUT2D eigenvalue weighted by Gasteiger charge is -2.09. The molecule has 2 aromatic carbocycles. The number of anilines is 1. The third kappa shape index (κ3) is 4.11. The van der Waals surface area contributed by atoms with Gasteiger partial charge in [0.1, 0.15) is 0 Å². The van der Waals surface area contributed by atoms with Crippen LogP contribution < -0.4 is 10.9 Å². The number of para-hydroxylation sites is 1. The van der Waals surface area contributed by atoms with E-state index in [1.807, 2.05) is 48.7 Å². The molecule has 0 unspecified atom stereocenters. The molecule has 0 aliphatic carbocycles. The van der Waals surface area contributed by atoms with Crippen LogP contribution in [0.15, 0.2) is 65.8 Å². The van der Waals surface area contributed by atoms with Crippen molar-refractivity contribution in [1.82, 2.24) is 14.1 Å². The summed E-state index contributed by atoms with van der Waals surface area (Å²) >= 11 is 0. The predicted octanol–water partition coefficient (Wildman–Crippen LogP) is 3.42. The Morgan fingerprint density at radius 2 is 1.90 bits per heavy atom. The summed E-state index contributed by atoms with van der Waals surface area (Å²) in [6.07, 6.45) is 4.42. The molecule has 4 aromatic rings. The van der Waals surface area contributed by atoms with Crippen molar-refractivity contribution in [3.63, 3.8) is 0 Å². The zero-order valence-corrected chi connectivity index (χ0v) is 16.9. The van der Waals surface area contributed by atoms with Crippen molar-refractivity contribution in [2.24, 2.45) is 0 Å². The average molecular weight is 404 g/mol. The number of methoxy groups -OCH3 is 1. The van der Waals surface area contributed by atoms with Crippen LogP contribution in [-0.4, -0.2) is 33.7 Å². The van der Waals surface area contributed by atoms with E-state index in [1.165, 1.54) is 0 Å². The van der Waals surface area contributed by atoms with Gasteiger partial charge in [0.25, 0.3) is 5.56 Å². The Morgan fingerprint density at radius 3 is 2.77 bits per heavy atom. The van der Waals surface area contributed by atoms with E-state index >= 15 is 0 Å². The van der Waals surface area contributed by atoms with Gasteiger partial charge >= 0.3 is 0 Å². The molecule has 0 bridgehead atoms. The fraction of sp³-hybridized carbons (Fsp3) is 0.261. The van der Waals surface area contributed by atoms with Gasteiger partial charge in [-0.15, -0.1) is 0 Å². The van der Waals surface area contributed by atoms with Crippen molar-refractivity contribution >= 4 is 33.4 Å². The predicted molar refractivity (Wildman–Crippen MR) is 118 cm³/mol. The summed E-state index contributed by atoms with van der Waals surface area (Å²) in [7, 11) is 1.68. The van der Waals surface area contributed by atoms with Crippen LogP contribution in [-0.2, 0) is 22.6 Å². The standard InChI is InChI=1S/C23H24N4O3/c1-30-15-14-26-13-11-17-20(8-4-9-21(17)26)25-22(28)10-5-12-27-16-24-19-7-3-2-6-18(19)23(27)29/h2-4,6-9,11,13,16H,5,10,12,14-15H2,1H3,(H,25,28). The summed E-state index contributed by atoms with van der Waals surface area (Å²) in [5.74, 6) is -0.0751. The van der Waals surface area contributed by atoms with Crippen molar-refractivity contribution in [3.05, 3.63) is 71.4 Å². The van der Waals surface area contributed by atoms with Gasteiger partial charge in [-0.3, -0.25) is 14.2 Å². The zero-order valence-electron chi connectivity index (χ0n) is 16.9. The van der Waals surface area contributed by atoms with E-state index in [2.05, 4.69) is 14.9 Å². The van der Waals surface area contributed by atoms with E-state index in [4.69, 9.17) is 4.74 Å². The Labute approximate surface area is 173 Å². The number of carbonyl (C=O) groups is 1. The number of aromatic nitrogens is 3. The number of benzene rings is 2. The smallest absolute Gasteiger partial charge is 0.261 e. The summed E-state index contributed by atoms with van der Waals surface area (Å²) in [6.45, 7) is 1.83. The Morgan fingerprint density at radius 1 is 1.03 bits per heavy atom. The summed E-state index contributed by atoms with van der Waals surface area (Å²) in [5, 5.41) is 4.59. The number of rotatable bonds is 8. The number of hydrogen-bond donors (Lipinski definition) is 1. The molecule has 0 fully saturated rings. The SMILES string of the molecule is COCCn1ccc2c(NC(=O)CCCn3cnc4ccccc4c3=O)cccc21. The molecule has 1 N–H and O–H groups in total. The lowest BCUT2D eigenvalue weighted by atomic mass is 10.2. The molecule has 0 saturated carbocycles. The highest BCUT2D eigenvalue weighted by molar-refractivity contribution is 6.01. The molecular weight excluding hydrogens is 380 g/mol. The molecule has 0 atom stereocenters. The van der Waals surface area contributed by atoms with E-state index in [-0.39, 0.29) is 11.5 Å². The van der Waals surface area contributed by atoms with Gasteiger partial charge in [-0.05, 0) is 36.8 Å². The fourth-order valence-corrected chi connectivity index (χ4v) is 3.61. The number of nitrogens with zero attached hydrogens (tertiary/aromatic N) is 3. The van der Waals surface area contributed by atoms with E-state index < -0.39 is 0 Å². The van der Waals surface area contributed by atoms with Crippen LogP contribution in [0.5, 0.6) is 0 Å². The molecule has 4 rings (SSSR count). The van der Waals surface area contributed by atoms with Gasteiger partial charge in [0.2, 0.25) is 5.91 Å². The van der Waals surface area contributed by atoms with Gasteiger partial charge in [0.05, 0.1) is 35.0 Å². The Balaban J connectivity index is 1.39. The molecule has 0 radical (unpaired) electrons. The number of carbonyl (C=O) groups excluding carboxylic acids is 1. The molecule has 0 spiro atoms. The van der Waals surface area contributed by atoms with Crippen molar-refractivity contribution in [1.29, 1.82) is 0 Å².